The Bertz CT molecular complexity index is 317. The summed E-state index contributed by atoms with van der Waals surface area (Å²) in [6.07, 6.45) is 5.60. The highest BCUT2D eigenvalue weighted by atomic mass is 16.3. The third-order valence-electron chi connectivity index (χ3n) is 3.96. The van der Waals surface area contributed by atoms with Crippen LogP contribution in [-0.4, -0.2) is 31.1 Å². The van der Waals surface area contributed by atoms with Gasteiger partial charge in [0.05, 0.1) is 12.3 Å². The van der Waals surface area contributed by atoms with Crippen molar-refractivity contribution >= 4 is 0 Å². The van der Waals surface area contributed by atoms with Gasteiger partial charge in [0.2, 0.25) is 0 Å². The standard InChI is InChI=1S/C15H26N2O/c1-3-10-17(12-14-6-8-16-9-7-14)13(2)15-5-4-11-18-15/h4-5,11,13-14,16H,3,6-10,12H2,1-2H3. The second-order valence-corrected chi connectivity index (χ2v) is 5.38. The molecule has 1 saturated heterocycles. The molecule has 3 nitrogen and oxygen atoms in total. The molecule has 0 saturated carbocycles. The average molecular weight is 250 g/mol. The van der Waals surface area contributed by atoms with E-state index in [1.54, 1.807) is 6.26 Å². The van der Waals surface area contributed by atoms with E-state index < -0.39 is 0 Å². The Hall–Kier alpha value is -0.800. The molecule has 0 aromatic carbocycles. The molecule has 1 aromatic heterocycles. The molecule has 1 fully saturated rings. The van der Waals surface area contributed by atoms with Gasteiger partial charge in [-0.25, -0.2) is 0 Å². The van der Waals surface area contributed by atoms with Crippen molar-refractivity contribution in [3.05, 3.63) is 24.2 Å². The van der Waals surface area contributed by atoms with Crippen LogP contribution < -0.4 is 5.32 Å². The Morgan fingerprint density at radius 1 is 1.44 bits per heavy atom. The van der Waals surface area contributed by atoms with Crippen LogP contribution in [0.1, 0.15) is 44.9 Å². The van der Waals surface area contributed by atoms with Gasteiger partial charge < -0.3 is 9.73 Å². The number of nitrogens with zero attached hydrogens (tertiary/aromatic N) is 1. The second kappa shape index (κ2) is 6.95. The van der Waals surface area contributed by atoms with Crippen molar-refractivity contribution in [3.63, 3.8) is 0 Å². The van der Waals surface area contributed by atoms with Crippen LogP contribution in [0.2, 0.25) is 0 Å². The Balaban J connectivity index is 1.93. The fourth-order valence-electron chi connectivity index (χ4n) is 2.84. The molecule has 2 rings (SSSR count). The van der Waals surface area contributed by atoms with Gasteiger partial charge in [-0.05, 0) is 63.9 Å². The van der Waals surface area contributed by atoms with E-state index in [4.69, 9.17) is 4.42 Å². The van der Waals surface area contributed by atoms with Crippen LogP contribution in [0.25, 0.3) is 0 Å². The van der Waals surface area contributed by atoms with Crippen LogP contribution in [0.3, 0.4) is 0 Å². The maximum absolute atomic E-state index is 5.56. The molecule has 1 atom stereocenters. The lowest BCUT2D eigenvalue weighted by atomic mass is 9.96. The molecule has 1 unspecified atom stereocenters. The summed E-state index contributed by atoms with van der Waals surface area (Å²) in [5.74, 6) is 1.94. The molecule has 1 aromatic rings. The highest BCUT2D eigenvalue weighted by Gasteiger charge is 2.22. The summed E-state index contributed by atoms with van der Waals surface area (Å²) in [5.41, 5.74) is 0. The van der Waals surface area contributed by atoms with Crippen LogP contribution in [0.5, 0.6) is 0 Å². The summed E-state index contributed by atoms with van der Waals surface area (Å²) in [7, 11) is 0. The topological polar surface area (TPSA) is 28.4 Å². The third kappa shape index (κ3) is 3.59. The lowest BCUT2D eigenvalue weighted by Crippen LogP contribution is -2.37. The largest absolute Gasteiger partial charge is 0.468 e. The van der Waals surface area contributed by atoms with Crippen LogP contribution in [0.4, 0.5) is 0 Å². The van der Waals surface area contributed by atoms with Crippen molar-refractivity contribution in [1.29, 1.82) is 0 Å². The second-order valence-electron chi connectivity index (χ2n) is 5.38. The molecule has 1 N–H and O–H groups in total. The minimum Gasteiger partial charge on any atom is -0.468 e. The van der Waals surface area contributed by atoms with E-state index in [0.29, 0.717) is 6.04 Å². The molecule has 0 spiro atoms. The van der Waals surface area contributed by atoms with Gasteiger partial charge in [-0.15, -0.1) is 0 Å². The molecule has 2 heterocycles. The number of furan rings is 1. The highest BCUT2D eigenvalue weighted by Crippen LogP contribution is 2.24. The van der Waals surface area contributed by atoms with Gasteiger partial charge in [0.1, 0.15) is 5.76 Å². The molecule has 1 aliphatic rings. The fraction of sp³-hybridized carbons (Fsp3) is 0.733. The van der Waals surface area contributed by atoms with Gasteiger partial charge in [-0.2, -0.15) is 0 Å². The predicted octanol–water partition coefficient (Wildman–Crippen LogP) is 3.05. The van der Waals surface area contributed by atoms with Crippen LogP contribution in [0, 0.1) is 5.92 Å². The summed E-state index contributed by atoms with van der Waals surface area (Å²) in [6.45, 7) is 9.24. The van der Waals surface area contributed by atoms with Gasteiger partial charge >= 0.3 is 0 Å². The zero-order chi connectivity index (χ0) is 12.8. The number of hydrogen-bond acceptors (Lipinski definition) is 3. The first-order chi connectivity index (χ1) is 8.81. The summed E-state index contributed by atoms with van der Waals surface area (Å²) in [5, 5.41) is 3.44. The first kappa shape index (κ1) is 13.6. The smallest absolute Gasteiger partial charge is 0.120 e. The lowest BCUT2D eigenvalue weighted by Gasteiger charge is -2.33. The summed E-state index contributed by atoms with van der Waals surface area (Å²) in [6, 6.07) is 4.48. The van der Waals surface area contributed by atoms with Crippen molar-refractivity contribution in [2.45, 2.75) is 39.2 Å². The van der Waals surface area contributed by atoms with Crippen molar-refractivity contribution in [3.8, 4) is 0 Å². The van der Waals surface area contributed by atoms with E-state index in [0.717, 1.165) is 18.2 Å². The summed E-state index contributed by atoms with van der Waals surface area (Å²) in [4.78, 5) is 2.58. The van der Waals surface area contributed by atoms with Crippen LogP contribution >= 0.6 is 0 Å². The molecule has 0 radical (unpaired) electrons. The van der Waals surface area contributed by atoms with E-state index in [2.05, 4.69) is 30.1 Å². The average Bonchev–Trinajstić information content (AvgIpc) is 2.92. The molecule has 1 aliphatic heterocycles. The number of nitrogens with one attached hydrogen (secondary N) is 1. The SMILES string of the molecule is CCCN(CC1CCNCC1)C(C)c1ccco1. The van der Waals surface area contributed by atoms with Gasteiger partial charge in [-0.1, -0.05) is 6.92 Å². The number of rotatable bonds is 6. The van der Waals surface area contributed by atoms with Gasteiger partial charge in [0, 0.05) is 6.54 Å². The Labute approximate surface area is 111 Å². The first-order valence-electron chi connectivity index (χ1n) is 7.29. The maximum atomic E-state index is 5.56. The minimum atomic E-state index is 0.398. The molecule has 102 valence electrons. The highest BCUT2D eigenvalue weighted by molar-refractivity contribution is 5.03. The maximum Gasteiger partial charge on any atom is 0.120 e. The van der Waals surface area contributed by atoms with E-state index in [9.17, 15) is 0 Å². The molecule has 0 aliphatic carbocycles. The lowest BCUT2D eigenvalue weighted by molar-refractivity contribution is 0.146. The van der Waals surface area contributed by atoms with Crippen molar-refractivity contribution < 1.29 is 4.42 Å². The first-order valence-corrected chi connectivity index (χ1v) is 7.29. The zero-order valence-electron chi connectivity index (χ0n) is 11.7. The van der Waals surface area contributed by atoms with E-state index in [1.807, 2.05) is 6.07 Å². The number of hydrogen-bond donors (Lipinski definition) is 1. The molecule has 18 heavy (non-hydrogen) atoms. The Morgan fingerprint density at radius 3 is 2.83 bits per heavy atom. The van der Waals surface area contributed by atoms with E-state index in [1.165, 1.54) is 38.9 Å². The molecular formula is C15H26N2O. The summed E-state index contributed by atoms with van der Waals surface area (Å²) < 4.78 is 5.56. The van der Waals surface area contributed by atoms with Crippen molar-refractivity contribution in [2.75, 3.05) is 26.2 Å². The minimum absolute atomic E-state index is 0.398. The molecule has 3 heteroatoms. The third-order valence-corrected chi connectivity index (χ3v) is 3.96. The summed E-state index contributed by atoms with van der Waals surface area (Å²) >= 11 is 0. The zero-order valence-corrected chi connectivity index (χ0v) is 11.7. The van der Waals surface area contributed by atoms with Crippen molar-refractivity contribution in [1.82, 2.24) is 10.2 Å². The Morgan fingerprint density at radius 2 is 2.22 bits per heavy atom. The van der Waals surface area contributed by atoms with E-state index in [-0.39, 0.29) is 0 Å². The van der Waals surface area contributed by atoms with Crippen LogP contribution in [0.15, 0.2) is 22.8 Å². The monoisotopic (exact) mass is 250 g/mol. The molecule has 0 amide bonds. The van der Waals surface area contributed by atoms with E-state index >= 15 is 0 Å². The fourth-order valence-corrected chi connectivity index (χ4v) is 2.84. The Kier molecular flexibility index (Phi) is 5.26. The van der Waals surface area contributed by atoms with Gasteiger partial charge in [-0.3, -0.25) is 4.90 Å². The van der Waals surface area contributed by atoms with Gasteiger partial charge in [0.15, 0.2) is 0 Å². The van der Waals surface area contributed by atoms with Gasteiger partial charge in [0.25, 0.3) is 0 Å². The normalized spacial score (nSPS) is 19.3. The van der Waals surface area contributed by atoms with Crippen molar-refractivity contribution in [2.24, 2.45) is 5.92 Å². The quantitative estimate of drug-likeness (QED) is 0.841. The molecule has 0 bridgehead atoms. The predicted molar refractivity (Wildman–Crippen MR) is 74.6 cm³/mol. The molecular weight excluding hydrogens is 224 g/mol. The van der Waals surface area contributed by atoms with Crippen LogP contribution in [-0.2, 0) is 0 Å². The number of piperidine rings is 1.